The van der Waals surface area contributed by atoms with E-state index in [-0.39, 0.29) is 0 Å². The number of anilines is 1. The van der Waals surface area contributed by atoms with Gasteiger partial charge in [-0.15, -0.1) is 10.2 Å². The van der Waals surface area contributed by atoms with Gasteiger partial charge in [-0.05, 0) is 0 Å². The summed E-state index contributed by atoms with van der Waals surface area (Å²) in [7, 11) is 0. The molecule has 1 aromatic heterocycles. The minimum Gasteiger partial charge on any atom is -0.362 e. The Bertz CT molecular complexity index is 366. The second-order valence-electron chi connectivity index (χ2n) is 2.88. The maximum Gasteiger partial charge on any atom is 0.175 e. The molecule has 14 heavy (non-hydrogen) atoms. The highest BCUT2D eigenvalue weighted by atomic mass is 35.5. The molecule has 0 aliphatic carbocycles. The molecular weight excluding hydrogens is 223 g/mol. The zero-order valence-corrected chi connectivity index (χ0v) is 8.83. The van der Waals surface area contributed by atoms with Crippen LogP contribution in [0.4, 0.5) is 5.69 Å². The van der Waals surface area contributed by atoms with Crippen LogP contribution in [0.15, 0.2) is 11.1 Å². The van der Waals surface area contributed by atoms with Gasteiger partial charge in [0.2, 0.25) is 0 Å². The molecule has 74 valence electrons. The maximum absolute atomic E-state index is 5.91. The van der Waals surface area contributed by atoms with Gasteiger partial charge in [-0.1, -0.05) is 23.2 Å². The van der Waals surface area contributed by atoms with Crippen molar-refractivity contribution in [3.8, 4) is 0 Å². The van der Waals surface area contributed by atoms with Gasteiger partial charge >= 0.3 is 0 Å². The van der Waals surface area contributed by atoms with Crippen molar-refractivity contribution in [1.82, 2.24) is 10.2 Å². The van der Waals surface area contributed by atoms with Crippen LogP contribution >= 0.6 is 23.2 Å². The van der Waals surface area contributed by atoms with Gasteiger partial charge in [-0.3, -0.25) is 4.99 Å². The molecule has 0 saturated carbocycles. The minimum absolute atomic E-state index is 0.354. The Hall–Kier alpha value is -0.870. The monoisotopic (exact) mass is 230 g/mol. The highest BCUT2D eigenvalue weighted by molar-refractivity contribution is 6.33. The van der Waals surface area contributed by atoms with Crippen molar-refractivity contribution in [1.29, 1.82) is 0 Å². The van der Waals surface area contributed by atoms with Crippen molar-refractivity contribution in [2.24, 2.45) is 4.99 Å². The van der Waals surface area contributed by atoms with Crippen LogP contribution in [0.2, 0.25) is 10.3 Å². The predicted octanol–water partition coefficient (Wildman–Crippen LogP) is 1.67. The predicted molar refractivity (Wildman–Crippen MR) is 57.6 cm³/mol. The molecule has 0 bridgehead atoms. The molecule has 0 N–H and O–H groups in total. The highest BCUT2D eigenvalue weighted by Crippen LogP contribution is 2.25. The first kappa shape index (κ1) is 9.68. The molecule has 2 rings (SSSR count). The summed E-state index contributed by atoms with van der Waals surface area (Å²) in [6.45, 7) is 2.34. The Morgan fingerprint density at radius 2 is 2.14 bits per heavy atom. The Kier molecular flexibility index (Phi) is 2.84. The molecule has 0 spiro atoms. The Balaban J connectivity index is 2.30. The van der Waals surface area contributed by atoms with Gasteiger partial charge in [0.05, 0.1) is 18.8 Å². The lowest BCUT2D eigenvalue weighted by atomic mass is 10.3. The molecule has 0 aromatic carbocycles. The van der Waals surface area contributed by atoms with E-state index >= 15 is 0 Å². The van der Waals surface area contributed by atoms with Crippen LogP contribution < -0.4 is 4.90 Å². The molecule has 6 heteroatoms. The van der Waals surface area contributed by atoms with Gasteiger partial charge < -0.3 is 4.90 Å². The lowest BCUT2D eigenvalue weighted by Gasteiger charge is -2.25. The molecule has 0 saturated heterocycles. The molecule has 2 heterocycles. The van der Waals surface area contributed by atoms with Crippen molar-refractivity contribution >= 4 is 35.1 Å². The van der Waals surface area contributed by atoms with Crippen LogP contribution in [0.25, 0.3) is 0 Å². The number of nitrogens with zero attached hydrogens (tertiary/aromatic N) is 4. The molecule has 1 aromatic rings. The first-order chi connectivity index (χ1) is 6.77. The van der Waals surface area contributed by atoms with E-state index in [9.17, 15) is 0 Å². The van der Waals surface area contributed by atoms with Gasteiger partial charge in [0.1, 0.15) is 0 Å². The van der Waals surface area contributed by atoms with Crippen LogP contribution in [0.3, 0.4) is 0 Å². The normalized spacial score (nSPS) is 16.0. The summed E-state index contributed by atoms with van der Waals surface area (Å²) in [5.74, 6) is 0. The minimum atomic E-state index is 0.354. The number of hydrogen-bond acceptors (Lipinski definition) is 4. The average Bonchev–Trinajstić information content (AvgIpc) is 2.23. The van der Waals surface area contributed by atoms with E-state index in [1.807, 2.05) is 6.21 Å². The van der Waals surface area contributed by atoms with Crippen molar-refractivity contribution in [2.45, 2.75) is 0 Å². The molecule has 0 atom stereocenters. The maximum atomic E-state index is 5.91. The van der Waals surface area contributed by atoms with E-state index in [0.717, 1.165) is 25.3 Å². The van der Waals surface area contributed by atoms with E-state index in [0.29, 0.717) is 10.3 Å². The van der Waals surface area contributed by atoms with E-state index < -0.39 is 0 Å². The largest absolute Gasteiger partial charge is 0.362 e. The van der Waals surface area contributed by atoms with Crippen molar-refractivity contribution in [2.75, 3.05) is 24.5 Å². The number of halogens is 2. The average molecular weight is 231 g/mol. The standard InChI is InChI=1S/C8H8Cl2N4/c9-7-5-6(8(10)13-12-7)14-3-1-11-2-4-14/h1,5H,2-4H2. The quantitative estimate of drug-likeness (QED) is 0.738. The van der Waals surface area contributed by atoms with Crippen LogP contribution in [0.1, 0.15) is 0 Å². The fraction of sp³-hybridized carbons (Fsp3) is 0.375. The van der Waals surface area contributed by atoms with Crippen molar-refractivity contribution < 1.29 is 0 Å². The molecule has 0 radical (unpaired) electrons. The van der Waals surface area contributed by atoms with Crippen molar-refractivity contribution in [3.05, 3.63) is 16.4 Å². The summed E-state index contributed by atoms with van der Waals surface area (Å²) in [5.41, 5.74) is 0.817. The van der Waals surface area contributed by atoms with E-state index in [1.165, 1.54) is 0 Å². The zero-order valence-electron chi connectivity index (χ0n) is 7.32. The first-order valence-corrected chi connectivity index (χ1v) is 4.95. The zero-order chi connectivity index (χ0) is 9.97. The van der Waals surface area contributed by atoms with Crippen LogP contribution in [0.5, 0.6) is 0 Å². The van der Waals surface area contributed by atoms with Gasteiger partial charge in [-0.2, -0.15) is 0 Å². The van der Waals surface area contributed by atoms with Gasteiger partial charge in [0.15, 0.2) is 10.3 Å². The van der Waals surface area contributed by atoms with Gasteiger partial charge in [-0.25, -0.2) is 0 Å². The highest BCUT2D eigenvalue weighted by Gasteiger charge is 2.13. The van der Waals surface area contributed by atoms with Crippen LogP contribution in [0, 0.1) is 0 Å². The molecule has 1 aliphatic rings. The molecule has 4 nitrogen and oxygen atoms in total. The van der Waals surface area contributed by atoms with E-state index in [2.05, 4.69) is 20.1 Å². The lowest BCUT2D eigenvalue weighted by molar-refractivity contribution is 0.825. The lowest BCUT2D eigenvalue weighted by Crippen LogP contribution is -2.32. The smallest absolute Gasteiger partial charge is 0.175 e. The van der Waals surface area contributed by atoms with Crippen LogP contribution in [-0.4, -0.2) is 36.0 Å². The van der Waals surface area contributed by atoms with Crippen molar-refractivity contribution in [3.63, 3.8) is 0 Å². The second-order valence-corrected chi connectivity index (χ2v) is 3.62. The number of hydrogen-bond donors (Lipinski definition) is 0. The first-order valence-electron chi connectivity index (χ1n) is 4.19. The Morgan fingerprint density at radius 1 is 1.29 bits per heavy atom. The molecule has 1 aliphatic heterocycles. The van der Waals surface area contributed by atoms with Crippen LogP contribution in [-0.2, 0) is 0 Å². The SMILES string of the molecule is Clc1cc(N2CC=NCC2)c(Cl)nn1. The fourth-order valence-corrected chi connectivity index (χ4v) is 1.66. The van der Waals surface area contributed by atoms with Gasteiger partial charge in [0.25, 0.3) is 0 Å². The third kappa shape index (κ3) is 1.96. The molecule has 0 unspecified atom stereocenters. The van der Waals surface area contributed by atoms with E-state index in [4.69, 9.17) is 23.2 Å². The Labute approximate surface area is 91.6 Å². The third-order valence-corrected chi connectivity index (χ3v) is 2.43. The summed E-state index contributed by atoms with van der Waals surface area (Å²) in [4.78, 5) is 6.19. The molecule has 0 fully saturated rings. The number of aromatic nitrogens is 2. The molecule has 0 amide bonds. The third-order valence-electron chi connectivity index (χ3n) is 1.97. The van der Waals surface area contributed by atoms with Gasteiger partial charge in [0, 0.05) is 18.8 Å². The summed E-state index contributed by atoms with van der Waals surface area (Å²) in [5, 5.41) is 8.14. The summed E-state index contributed by atoms with van der Waals surface area (Å²) in [6.07, 6.45) is 1.86. The summed E-state index contributed by atoms with van der Waals surface area (Å²) < 4.78 is 0. The fourth-order valence-electron chi connectivity index (χ4n) is 1.30. The number of rotatable bonds is 1. The summed E-state index contributed by atoms with van der Waals surface area (Å²) in [6, 6.07) is 1.72. The Morgan fingerprint density at radius 3 is 2.86 bits per heavy atom. The topological polar surface area (TPSA) is 41.4 Å². The van der Waals surface area contributed by atoms with E-state index in [1.54, 1.807) is 6.07 Å². The summed E-state index contributed by atoms with van der Waals surface area (Å²) >= 11 is 11.7. The number of aliphatic imine (C=N–C) groups is 1. The second kappa shape index (κ2) is 4.11. The molecular formula is C8H8Cl2N4.